The van der Waals surface area contributed by atoms with Crippen molar-refractivity contribution in [3.05, 3.63) is 35.9 Å². The molecule has 30 heavy (non-hydrogen) atoms. The van der Waals surface area contributed by atoms with Crippen LogP contribution in [0.25, 0.3) is 0 Å². The summed E-state index contributed by atoms with van der Waals surface area (Å²) in [5, 5.41) is 7.09. The van der Waals surface area contributed by atoms with Gasteiger partial charge in [-0.3, -0.25) is 9.89 Å². The molecule has 0 aromatic heterocycles. The number of rotatable bonds is 8. The SMILES string of the molecule is C=C(C)CN1CCC(NC(=NC)NCC(C)(C)c2ccc(OC)c(OC)c2)CC1.I. The van der Waals surface area contributed by atoms with Crippen molar-refractivity contribution < 1.29 is 9.47 Å². The van der Waals surface area contributed by atoms with E-state index >= 15 is 0 Å². The number of guanidine groups is 1. The standard InChI is InChI=1S/C23H38N4O2.HI/c1-17(2)15-27-12-10-19(11-13-27)26-22(24-5)25-16-23(3,4)18-8-9-20(28-6)21(14-18)29-7;/h8-9,14,19H,1,10-13,15-16H2,2-7H3,(H2,24,25,26);1H. The quantitative estimate of drug-likeness (QED) is 0.232. The van der Waals surface area contributed by atoms with Crippen molar-refractivity contribution in [2.24, 2.45) is 4.99 Å². The number of piperidine rings is 1. The maximum Gasteiger partial charge on any atom is 0.191 e. The molecule has 1 saturated heterocycles. The molecule has 1 fully saturated rings. The summed E-state index contributed by atoms with van der Waals surface area (Å²) < 4.78 is 10.8. The lowest BCUT2D eigenvalue weighted by Crippen LogP contribution is -2.50. The molecule has 0 amide bonds. The first-order valence-corrected chi connectivity index (χ1v) is 10.4. The van der Waals surface area contributed by atoms with E-state index in [2.05, 4.69) is 53.9 Å². The van der Waals surface area contributed by atoms with Gasteiger partial charge in [0.2, 0.25) is 0 Å². The van der Waals surface area contributed by atoms with Gasteiger partial charge >= 0.3 is 0 Å². The van der Waals surface area contributed by atoms with Crippen molar-refractivity contribution in [2.75, 3.05) is 47.4 Å². The summed E-state index contributed by atoms with van der Waals surface area (Å²) >= 11 is 0. The van der Waals surface area contributed by atoms with Gasteiger partial charge < -0.3 is 20.1 Å². The van der Waals surface area contributed by atoms with Gasteiger partial charge in [0.15, 0.2) is 17.5 Å². The molecule has 1 aliphatic heterocycles. The van der Waals surface area contributed by atoms with Crippen LogP contribution in [0.2, 0.25) is 0 Å². The van der Waals surface area contributed by atoms with Gasteiger partial charge in [-0.2, -0.15) is 0 Å². The summed E-state index contributed by atoms with van der Waals surface area (Å²) in [5.41, 5.74) is 2.32. The third-order valence-electron chi connectivity index (χ3n) is 5.51. The zero-order chi connectivity index (χ0) is 21.4. The molecule has 2 rings (SSSR count). The van der Waals surface area contributed by atoms with Crippen molar-refractivity contribution in [2.45, 2.75) is 45.1 Å². The normalized spacial score (nSPS) is 15.9. The van der Waals surface area contributed by atoms with Crippen molar-refractivity contribution in [1.29, 1.82) is 0 Å². The fraction of sp³-hybridized carbons (Fsp3) is 0.609. The summed E-state index contributed by atoms with van der Waals surface area (Å²) in [4.78, 5) is 6.90. The van der Waals surface area contributed by atoms with Gasteiger partial charge in [-0.25, -0.2) is 0 Å². The summed E-state index contributed by atoms with van der Waals surface area (Å²) in [6, 6.07) is 6.55. The van der Waals surface area contributed by atoms with E-state index in [1.54, 1.807) is 14.2 Å². The largest absolute Gasteiger partial charge is 0.493 e. The van der Waals surface area contributed by atoms with E-state index in [1.807, 2.05) is 19.2 Å². The van der Waals surface area contributed by atoms with Crippen molar-refractivity contribution in [3.8, 4) is 11.5 Å². The minimum absolute atomic E-state index is 0. The van der Waals surface area contributed by atoms with Crippen LogP contribution >= 0.6 is 24.0 Å². The Labute approximate surface area is 199 Å². The highest BCUT2D eigenvalue weighted by Gasteiger charge is 2.24. The molecule has 6 nitrogen and oxygen atoms in total. The first-order valence-electron chi connectivity index (χ1n) is 10.4. The zero-order valence-corrected chi connectivity index (χ0v) is 21.7. The molecule has 1 aliphatic rings. The zero-order valence-electron chi connectivity index (χ0n) is 19.4. The molecular weight excluding hydrogens is 491 g/mol. The summed E-state index contributed by atoms with van der Waals surface area (Å²) in [7, 11) is 5.15. The number of hydrogen-bond donors (Lipinski definition) is 2. The number of halogens is 1. The summed E-state index contributed by atoms with van der Waals surface area (Å²) in [6.07, 6.45) is 2.24. The van der Waals surface area contributed by atoms with Crippen LogP contribution < -0.4 is 20.1 Å². The third kappa shape index (κ3) is 7.65. The lowest BCUT2D eigenvalue weighted by molar-refractivity contribution is 0.221. The van der Waals surface area contributed by atoms with Crippen LogP contribution in [0, 0.1) is 0 Å². The fourth-order valence-electron chi connectivity index (χ4n) is 3.67. The van der Waals surface area contributed by atoms with E-state index in [1.165, 1.54) is 11.1 Å². The van der Waals surface area contributed by atoms with Crippen LogP contribution in [0.15, 0.2) is 35.3 Å². The molecule has 0 spiro atoms. The smallest absolute Gasteiger partial charge is 0.191 e. The highest BCUT2D eigenvalue weighted by Crippen LogP contribution is 2.32. The lowest BCUT2D eigenvalue weighted by Gasteiger charge is -2.34. The average Bonchev–Trinajstić information content (AvgIpc) is 2.71. The van der Waals surface area contributed by atoms with Crippen LogP contribution in [0.3, 0.4) is 0 Å². The van der Waals surface area contributed by atoms with Crippen LogP contribution in [0.4, 0.5) is 0 Å². The van der Waals surface area contributed by atoms with E-state index in [-0.39, 0.29) is 29.4 Å². The van der Waals surface area contributed by atoms with Crippen LogP contribution in [-0.2, 0) is 5.41 Å². The molecule has 1 aromatic rings. The number of methoxy groups -OCH3 is 2. The monoisotopic (exact) mass is 530 g/mol. The molecule has 0 unspecified atom stereocenters. The molecule has 0 bridgehead atoms. The van der Waals surface area contributed by atoms with Crippen molar-refractivity contribution >= 4 is 29.9 Å². The second kappa shape index (κ2) is 12.4. The first kappa shape index (κ1) is 26.6. The first-order chi connectivity index (χ1) is 13.8. The minimum atomic E-state index is -0.0952. The van der Waals surface area contributed by atoms with E-state index in [0.717, 1.165) is 56.5 Å². The number of aliphatic imine (C=N–C) groups is 1. The number of nitrogens with zero attached hydrogens (tertiary/aromatic N) is 2. The number of benzene rings is 1. The van der Waals surface area contributed by atoms with Crippen molar-refractivity contribution in [1.82, 2.24) is 15.5 Å². The number of ether oxygens (including phenoxy) is 2. The molecule has 0 saturated carbocycles. The van der Waals surface area contributed by atoms with Gasteiger partial charge in [-0.15, -0.1) is 24.0 Å². The lowest BCUT2D eigenvalue weighted by atomic mass is 9.84. The second-order valence-corrected chi connectivity index (χ2v) is 8.53. The summed E-state index contributed by atoms with van der Waals surface area (Å²) in [5.74, 6) is 2.36. The Bertz CT molecular complexity index is 713. The Morgan fingerprint density at radius 1 is 1.20 bits per heavy atom. The minimum Gasteiger partial charge on any atom is -0.493 e. The average molecular weight is 530 g/mol. The van der Waals surface area contributed by atoms with Gasteiger partial charge in [-0.05, 0) is 37.5 Å². The Morgan fingerprint density at radius 2 is 1.83 bits per heavy atom. The van der Waals surface area contributed by atoms with Gasteiger partial charge in [-0.1, -0.05) is 32.1 Å². The van der Waals surface area contributed by atoms with E-state index in [9.17, 15) is 0 Å². The van der Waals surface area contributed by atoms with E-state index < -0.39 is 0 Å². The Kier molecular flexibility index (Phi) is 11.0. The van der Waals surface area contributed by atoms with Crippen LogP contribution in [-0.4, -0.2) is 64.3 Å². The van der Waals surface area contributed by atoms with Gasteiger partial charge in [0.05, 0.1) is 14.2 Å². The van der Waals surface area contributed by atoms with Crippen LogP contribution in [0.1, 0.15) is 39.2 Å². The Balaban J connectivity index is 0.00000450. The number of likely N-dealkylation sites (tertiary alicyclic amines) is 1. The molecule has 1 aromatic carbocycles. The topological polar surface area (TPSA) is 58.1 Å². The number of nitrogens with one attached hydrogen (secondary N) is 2. The van der Waals surface area contributed by atoms with Gasteiger partial charge in [0.1, 0.15) is 0 Å². The molecule has 0 radical (unpaired) electrons. The molecule has 170 valence electrons. The molecular formula is C23H39IN4O2. The van der Waals surface area contributed by atoms with Crippen LogP contribution in [0.5, 0.6) is 11.5 Å². The van der Waals surface area contributed by atoms with E-state index in [4.69, 9.17) is 9.47 Å². The Hall–Kier alpha value is -1.48. The molecule has 7 heteroatoms. The molecule has 0 atom stereocenters. The maximum absolute atomic E-state index is 5.46. The predicted octanol–water partition coefficient (Wildman–Crippen LogP) is 3.80. The third-order valence-corrected chi connectivity index (χ3v) is 5.51. The molecule has 2 N–H and O–H groups in total. The van der Waals surface area contributed by atoms with Gasteiger partial charge in [0, 0.05) is 44.7 Å². The fourth-order valence-corrected chi connectivity index (χ4v) is 3.67. The highest BCUT2D eigenvalue weighted by molar-refractivity contribution is 14.0. The van der Waals surface area contributed by atoms with E-state index in [0.29, 0.717) is 6.04 Å². The van der Waals surface area contributed by atoms with Crippen molar-refractivity contribution in [3.63, 3.8) is 0 Å². The maximum atomic E-state index is 5.46. The molecule has 1 heterocycles. The van der Waals surface area contributed by atoms with Gasteiger partial charge in [0.25, 0.3) is 0 Å². The Morgan fingerprint density at radius 3 is 2.37 bits per heavy atom. The molecule has 0 aliphatic carbocycles. The second-order valence-electron chi connectivity index (χ2n) is 8.53. The predicted molar refractivity (Wildman–Crippen MR) is 137 cm³/mol. The summed E-state index contributed by atoms with van der Waals surface area (Å²) in [6.45, 7) is 14.5. The number of hydrogen-bond acceptors (Lipinski definition) is 4. The highest BCUT2D eigenvalue weighted by atomic mass is 127.